The van der Waals surface area contributed by atoms with Gasteiger partial charge in [0.1, 0.15) is 11.6 Å². The van der Waals surface area contributed by atoms with Gasteiger partial charge in [0.2, 0.25) is 5.91 Å². The summed E-state index contributed by atoms with van der Waals surface area (Å²) in [5, 5.41) is 9.30. The Hall–Kier alpha value is -2.04. The molecule has 16 heavy (non-hydrogen) atoms. The molecule has 84 valence electrons. The first-order valence-corrected chi connectivity index (χ1v) is 5.08. The average Bonchev–Trinajstić information content (AvgIpc) is 2.88. The Bertz CT molecular complexity index is 459. The summed E-state index contributed by atoms with van der Waals surface area (Å²) >= 11 is 0. The van der Waals surface area contributed by atoms with Crippen LogP contribution in [0.15, 0.2) is 29.0 Å². The molecule has 0 aromatic carbocycles. The number of nitrogens with one attached hydrogen (secondary N) is 2. The van der Waals surface area contributed by atoms with E-state index in [0.29, 0.717) is 18.7 Å². The van der Waals surface area contributed by atoms with Gasteiger partial charge in [-0.1, -0.05) is 0 Å². The molecule has 0 bridgehead atoms. The maximum atomic E-state index is 11.6. The van der Waals surface area contributed by atoms with Crippen molar-refractivity contribution < 1.29 is 9.21 Å². The molecule has 0 aliphatic rings. The molecule has 0 saturated carbocycles. The van der Waals surface area contributed by atoms with Crippen LogP contribution < -0.4 is 5.32 Å². The van der Waals surface area contributed by atoms with E-state index in [1.54, 1.807) is 12.5 Å². The summed E-state index contributed by atoms with van der Waals surface area (Å²) in [5.74, 6) is 1.42. The zero-order chi connectivity index (χ0) is 11.4. The number of aromatic amines is 1. The molecule has 0 atom stereocenters. The van der Waals surface area contributed by atoms with Gasteiger partial charge in [0.25, 0.3) is 0 Å². The van der Waals surface area contributed by atoms with Gasteiger partial charge in [-0.25, -0.2) is 0 Å². The summed E-state index contributed by atoms with van der Waals surface area (Å²) < 4.78 is 5.14. The first kappa shape index (κ1) is 10.5. The standard InChI is InChI=1S/C11H13N3O2/c1-8-7-12-14-11(8)13-10(15)5-4-9-3-2-6-16-9/h2-3,6-7H,4-5H2,1H3,(H2,12,13,14,15). The van der Waals surface area contributed by atoms with Crippen LogP contribution in [0.3, 0.4) is 0 Å². The van der Waals surface area contributed by atoms with E-state index in [9.17, 15) is 4.79 Å². The Morgan fingerprint density at radius 1 is 1.62 bits per heavy atom. The van der Waals surface area contributed by atoms with Crippen LogP contribution in [0.2, 0.25) is 0 Å². The highest BCUT2D eigenvalue weighted by Gasteiger charge is 2.07. The predicted molar refractivity (Wildman–Crippen MR) is 59.0 cm³/mol. The van der Waals surface area contributed by atoms with E-state index in [0.717, 1.165) is 11.3 Å². The third kappa shape index (κ3) is 2.50. The first-order valence-electron chi connectivity index (χ1n) is 5.08. The number of furan rings is 1. The molecule has 5 nitrogen and oxygen atoms in total. The first-order chi connectivity index (χ1) is 7.75. The Labute approximate surface area is 92.9 Å². The number of nitrogens with zero attached hydrogens (tertiary/aromatic N) is 1. The molecule has 2 heterocycles. The van der Waals surface area contributed by atoms with Crippen molar-refractivity contribution in [2.75, 3.05) is 5.32 Å². The summed E-state index contributed by atoms with van der Waals surface area (Å²) in [5.41, 5.74) is 0.923. The van der Waals surface area contributed by atoms with Crippen molar-refractivity contribution in [3.63, 3.8) is 0 Å². The third-order valence-electron chi connectivity index (χ3n) is 2.27. The molecular weight excluding hydrogens is 206 g/mol. The molecule has 2 N–H and O–H groups in total. The molecule has 0 unspecified atom stereocenters. The Morgan fingerprint density at radius 2 is 2.50 bits per heavy atom. The van der Waals surface area contributed by atoms with E-state index in [4.69, 9.17) is 4.42 Å². The number of aryl methyl sites for hydroxylation is 2. The minimum atomic E-state index is -0.0521. The highest BCUT2D eigenvalue weighted by molar-refractivity contribution is 5.90. The Balaban J connectivity index is 1.83. The van der Waals surface area contributed by atoms with Crippen LogP contribution in [0, 0.1) is 6.92 Å². The third-order valence-corrected chi connectivity index (χ3v) is 2.27. The highest BCUT2D eigenvalue weighted by atomic mass is 16.3. The average molecular weight is 219 g/mol. The molecule has 2 rings (SSSR count). The van der Waals surface area contributed by atoms with E-state index in [2.05, 4.69) is 15.5 Å². The molecular formula is C11H13N3O2. The topological polar surface area (TPSA) is 70.9 Å². The second-order valence-electron chi connectivity index (χ2n) is 3.56. The number of carbonyl (C=O) groups excluding carboxylic acids is 1. The number of amides is 1. The van der Waals surface area contributed by atoms with Gasteiger partial charge in [0, 0.05) is 18.4 Å². The molecule has 1 amide bonds. The lowest BCUT2D eigenvalue weighted by molar-refractivity contribution is -0.116. The summed E-state index contributed by atoms with van der Waals surface area (Å²) in [6.45, 7) is 1.88. The van der Waals surface area contributed by atoms with Gasteiger partial charge in [-0.05, 0) is 19.1 Å². The number of H-pyrrole nitrogens is 1. The summed E-state index contributed by atoms with van der Waals surface area (Å²) in [6, 6.07) is 3.67. The molecule has 2 aromatic heterocycles. The van der Waals surface area contributed by atoms with Gasteiger partial charge >= 0.3 is 0 Å². The summed E-state index contributed by atoms with van der Waals surface area (Å²) in [6.07, 6.45) is 4.27. The maximum absolute atomic E-state index is 11.6. The lowest BCUT2D eigenvalue weighted by Crippen LogP contribution is -2.13. The Kier molecular flexibility index (Phi) is 3.05. The highest BCUT2D eigenvalue weighted by Crippen LogP contribution is 2.10. The Morgan fingerprint density at radius 3 is 3.12 bits per heavy atom. The SMILES string of the molecule is Cc1cn[nH]c1NC(=O)CCc1ccco1. The number of aromatic nitrogens is 2. The van der Waals surface area contributed by atoms with E-state index < -0.39 is 0 Å². The number of rotatable bonds is 4. The number of hydrogen-bond acceptors (Lipinski definition) is 3. The molecule has 0 aliphatic carbocycles. The van der Waals surface area contributed by atoms with Crippen LogP contribution in [0.1, 0.15) is 17.7 Å². The quantitative estimate of drug-likeness (QED) is 0.824. The minimum Gasteiger partial charge on any atom is -0.469 e. The lowest BCUT2D eigenvalue weighted by Gasteiger charge is -2.02. The maximum Gasteiger partial charge on any atom is 0.225 e. The second kappa shape index (κ2) is 4.65. The molecule has 5 heteroatoms. The zero-order valence-corrected chi connectivity index (χ0v) is 8.99. The van der Waals surface area contributed by atoms with Gasteiger partial charge in [0.05, 0.1) is 12.5 Å². The summed E-state index contributed by atoms with van der Waals surface area (Å²) in [7, 11) is 0. The van der Waals surface area contributed by atoms with E-state index >= 15 is 0 Å². The van der Waals surface area contributed by atoms with Crippen LogP contribution in [0.25, 0.3) is 0 Å². The smallest absolute Gasteiger partial charge is 0.225 e. The molecule has 2 aromatic rings. The van der Waals surface area contributed by atoms with Crippen molar-refractivity contribution in [1.82, 2.24) is 10.2 Å². The molecule has 0 saturated heterocycles. The van der Waals surface area contributed by atoms with Gasteiger partial charge in [-0.3, -0.25) is 9.89 Å². The molecule has 0 spiro atoms. The van der Waals surface area contributed by atoms with Crippen molar-refractivity contribution in [1.29, 1.82) is 0 Å². The lowest BCUT2D eigenvalue weighted by atomic mass is 10.2. The zero-order valence-electron chi connectivity index (χ0n) is 8.99. The largest absolute Gasteiger partial charge is 0.469 e. The van der Waals surface area contributed by atoms with Crippen molar-refractivity contribution in [2.45, 2.75) is 19.8 Å². The van der Waals surface area contributed by atoms with E-state index in [1.165, 1.54) is 0 Å². The molecule has 0 aliphatic heterocycles. The minimum absolute atomic E-state index is 0.0521. The van der Waals surface area contributed by atoms with Crippen molar-refractivity contribution in [3.8, 4) is 0 Å². The van der Waals surface area contributed by atoms with E-state index in [1.807, 2.05) is 19.1 Å². The van der Waals surface area contributed by atoms with Gasteiger partial charge in [0.15, 0.2) is 0 Å². The van der Waals surface area contributed by atoms with Crippen LogP contribution >= 0.6 is 0 Å². The predicted octanol–water partition coefficient (Wildman–Crippen LogP) is 1.88. The summed E-state index contributed by atoms with van der Waals surface area (Å²) in [4.78, 5) is 11.6. The number of anilines is 1. The van der Waals surface area contributed by atoms with E-state index in [-0.39, 0.29) is 5.91 Å². The monoisotopic (exact) mass is 219 g/mol. The van der Waals surface area contributed by atoms with Gasteiger partial charge in [-0.15, -0.1) is 0 Å². The van der Waals surface area contributed by atoms with Gasteiger partial charge < -0.3 is 9.73 Å². The normalized spacial score (nSPS) is 10.3. The number of hydrogen-bond donors (Lipinski definition) is 2. The van der Waals surface area contributed by atoms with Crippen LogP contribution in [0.4, 0.5) is 5.82 Å². The van der Waals surface area contributed by atoms with Crippen LogP contribution in [0.5, 0.6) is 0 Å². The molecule has 0 fully saturated rings. The van der Waals surface area contributed by atoms with Crippen molar-refractivity contribution >= 4 is 11.7 Å². The van der Waals surface area contributed by atoms with Crippen LogP contribution in [-0.2, 0) is 11.2 Å². The number of carbonyl (C=O) groups is 1. The van der Waals surface area contributed by atoms with Gasteiger partial charge in [-0.2, -0.15) is 5.10 Å². The van der Waals surface area contributed by atoms with Crippen molar-refractivity contribution in [2.24, 2.45) is 0 Å². The molecule has 0 radical (unpaired) electrons. The fourth-order valence-corrected chi connectivity index (χ4v) is 1.37. The second-order valence-corrected chi connectivity index (χ2v) is 3.56. The van der Waals surface area contributed by atoms with Crippen molar-refractivity contribution in [3.05, 3.63) is 35.9 Å². The van der Waals surface area contributed by atoms with Crippen LogP contribution in [-0.4, -0.2) is 16.1 Å². The fraction of sp³-hybridized carbons (Fsp3) is 0.273. The fourth-order valence-electron chi connectivity index (χ4n) is 1.37.